The molecule has 1 heterocycles. The SMILES string of the molecule is CC1=CCC2(C)CCC3C(C)(C)OC32CC1. The zero-order chi connectivity index (χ0) is 11.6. The Hall–Kier alpha value is -0.300. The second kappa shape index (κ2) is 2.93. The van der Waals surface area contributed by atoms with Crippen molar-refractivity contribution < 1.29 is 4.74 Å². The predicted molar refractivity (Wildman–Crippen MR) is 66.3 cm³/mol. The molecule has 3 unspecified atom stereocenters. The Labute approximate surface area is 99.3 Å². The van der Waals surface area contributed by atoms with Crippen LogP contribution in [0.1, 0.15) is 59.8 Å². The summed E-state index contributed by atoms with van der Waals surface area (Å²) in [6, 6.07) is 0. The van der Waals surface area contributed by atoms with Crippen LogP contribution >= 0.6 is 0 Å². The number of hydrogen-bond donors (Lipinski definition) is 0. The third kappa shape index (κ3) is 1.11. The van der Waals surface area contributed by atoms with Crippen molar-refractivity contribution in [1.82, 2.24) is 0 Å². The normalized spacial score (nSPS) is 49.8. The number of ether oxygens (including phenoxy) is 1. The lowest BCUT2D eigenvalue weighted by atomic mass is 9.61. The smallest absolute Gasteiger partial charge is 0.0804 e. The minimum Gasteiger partial charge on any atom is -0.368 e. The molecule has 1 nitrogen and oxygen atoms in total. The summed E-state index contributed by atoms with van der Waals surface area (Å²) in [5, 5.41) is 0. The van der Waals surface area contributed by atoms with E-state index in [0.29, 0.717) is 5.41 Å². The Kier molecular flexibility index (Phi) is 1.98. The highest BCUT2D eigenvalue weighted by Gasteiger charge is 2.70. The summed E-state index contributed by atoms with van der Waals surface area (Å²) in [7, 11) is 0. The summed E-state index contributed by atoms with van der Waals surface area (Å²) in [5.41, 5.74) is 2.32. The fourth-order valence-electron chi connectivity index (χ4n) is 4.60. The van der Waals surface area contributed by atoms with Crippen LogP contribution < -0.4 is 0 Å². The second-order valence-corrected chi connectivity index (χ2v) is 7.00. The maximum Gasteiger partial charge on any atom is 0.0804 e. The van der Waals surface area contributed by atoms with E-state index < -0.39 is 0 Å². The Morgan fingerprint density at radius 2 is 2.00 bits per heavy atom. The van der Waals surface area contributed by atoms with E-state index in [1.54, 1.807) is 5.57 Å². The second-order valence-electron chi connectivity index (χ2n) is 7.00. The van der Waals surface area contributed by atoms with Crippen molar-refractivity contribution in [3.8, 4) is 0 Å². The van der Waals surface area contributed by atoms with E-state index in [4.69, 9.17) is 4.74 Å². The van der Waals surface area contributed by atoms with Gasteiger partial charge in [-0.15, -0.1) is 0 Å². The lowest BCUT2D eigenvalue weighted by Gasteiger charge is -2.62. The van der Waals surface area contributed by atoms with Gasteiger partial charge in [-0.3, -0.25) is 0 Å². The molecule has 3 rings (SSSR count). The summed E-state index contributed by atoms with van der Waals surface area (Å²) < 4.78 is 6.44. The van der Waals surface area contributed by atoms with Crippen molar-refractivity contribution in [3.05, 3.63) is 11.6 Å². The van der Waals surface area contributed by atoms with Crippen molar-refractivity contribution in [2.24, 2.45) is 11.3 Å². The molecule has 1 saturated carbocycles. The van der Waals surface area contributed by atoms with Crippen molar-refractivity contribution >= 4 is 0 Å². The molecule has 3 atom stereocenters. The number of hydrogen-bond acceptors (Lipinski definition) is 1. The molecule has 0 aromatic carbocycles. The molecule has 90 valence electrons. The standard InChI is InChI=1S/C15H24O/c1-11-5-8-14(4)9-7-12-13(2,3)16-15(12,14)10-6-11/h5,12H,6-10H2,1-4H3. The molecule has 0 aromatic rings. The molecule has 0 bridgehead atoms. The maximum atomic E-state index is 6.44. The summed E-state index contributed by atoms with van der Waals surface area (Å²) in [4.78, 5) is 0. The summed E-state index contributed by atoms with van der Waals surface area (Å²) in [6.45, 7) is 9.29. The van der Waals surface area contributed by atoms with Crippen LogP contribution in [0.15, 0.2) is 11.6 Å². The topological polar surface area (TPSA) is 9.23 Å². The third-order valence-electron chi connectivity index (χ3n) is 5.65. The van der Waals surface area contributed by atoms with Crippen molar-refractivity contribution in [2.75, 3.05) is 0 Å². The molecule has 2 aliphatic carbocycles. The van der Waals surface area contributed by atoms with Gasteiger partial charge in [0, 0.05) is 11.3 Å². The van der Waals surface area contributed by atoms with Crippen molar-refractivity contribution in [3.63, 3.8) is 0 Å². The van der Waals surface area contributed by atoms with E-state index in [9.17, 15) is 0 Å². The molecular formula is C15H24O. The number of rotatable bonds is 0. The van der Waals surface area contributed by atoms with E-state index in [2.05, 4.69) is 33.8 Å². The summed E-state index contributed by atoms with van der Waals surface area (Å²) in [6.07, 6.45) is 8.90. The van der Waals surface area contributed by atoms with Gasteiger partial charge in [-0.2, -0.15) is 0 Å². The first-order valence-corrected chi connectivity index (χ1v) is 6.75. The molecule has 1 heteroatoms. The van der Waals surface area contributed by atoms with Crippen LogP contribution in [0.4, 0.5) is 0 Å². The van der Waals surface area contributed by atoms with E-state index in [1.807, 2.05) is 0 Å². The van der Waals surface area contributed by atoms with Gasteiger partial charge < -0.3 is 4.74 Å². The van der Waals surface area contributed by atoms with E-state index in [0.717, 1.165) is 5.92 Å². The molecule has 0 aromatic heterocycles. The fraction of sp³-hybridized carbons (Fsp3) is 0.867. The van der Waals surface area contributed by atoms with Gasteiger partial charge in [-0.1, -0.05) is 18.6 Å². The van der Waals surface area contributed by atoms with E-state index in [1.165, 1.54) is 32.1 Å². The van der Waals surface area contributed by atoms with Crippen LogP contribution in [-0.4, -0.2) is 11.2 Å². The van der Waals surface area contributed by atoms with Crippen LogP contribution in [0.2, 0.25) is 0 Å². The monoisotopic (exact) mass is 220 g/mol. The Balaban J connectivity index is 1.97. The van der Waals surface area contributed by atoms with Crippen LogP contribution in [0.3, 0.4) is 0 Å². The highest BCUT2D eigenvalue weighted by atomic mass is 16.6. The van der Waals surface area contributed by atoms with Gasteiger partial charge in [0.1, 0.15) is 0 Å². The van der Waals surface area contributed by atoms with Crippen LogP contribution in [-0.2, 0) is 4.74 Å². The Morgan fingerprint density at radius 1 is 1.25 bits per heavy atom. The van der Waals surface area contributed by atoms with Crippen LogP contribution in [0.5, 0.6) is 0 Å². The van der Waals surface area contributed by atoms with Gasteiger partial charge in [0.05, 0.1) is 11.2 Å². The molecule has 0 amide bonds. The summed E-state index contributed by atoms with van der Waals surface area (Å²) in [5.74, 6) is 0.796. The van der Waals surface area contributed by atoms with Crippen LogP contribution in [0.25, 0.3) is 0 Å². The Bertz CT molecular complexity index is 354. The first-order chi connectivity index (χ1) is 7.40. The highest BCUT2D eigenvalue weighted by molar-refractivity contribution is 5.23. The first-order valence-electron chi connectivity index (χ1n) is 6.75. The van der Waals surface area contributed by atoms with Crippen molar-refractivity contribution in [1.29, 1.82) is 0 Å². The average molecular weight is 220 g/mol. The van der Waals surface area contributed by atoms with Crippen LogP contribution in [0, 0.1) is 11.3 Å². The zero-order valence-corrected chi connectivity index (χ0v) is 11.1. The molecule has 1 spiro atoms. The lowest BCUT2D eigenvalue weighted by molar-refractivity contribution is -0.330. The minimum absolute atomic E-state index is 0.135. The predicted octanol–water partition coefficient (Wildman–Crippen LogP) is 4.08. The molecule has 16 heavy (non-hydrogen) atoms. The molecule has 1 aliphatic heterocycles. The lowest BCUT2D eigenvalue weighted by Crippen LogP contribution is -2.68. The maximum absolute atomic E-state index is 6.44. The molecule has 2 fully saturated rings. The third-order valence-corrected chi connectivity index (χ3v) is 5.65. The summed E-state index contributed by atoms with van der Waals surface area (Å²) >= 11 is 0. The van der Waals surface area contributed by atoms with E-state index in [-0.39, 0.29) is 11.2 Å². The van der Waals surface area contributed by atoms with Gasteiger partial charge in [0.25, 0.3) is 0 Å². The average Bonchev–Trinajstić information content (AvgIpc) is 2.36. The van der Waals surface area contributed by atoms with E-state index >= 15 is 0 Å². The van der Waals surface area contributed by atoms with Gasteiger partial charge in [-0.05, 0) is 52.9 Å². The molecule has 0 radical (unpaired) electrons. The van der Waals surface area contributed by atoms with Gasteiger partial charge in [0.15, 0.2) is 0 Å². The quantitative estimate of drug-likeness (QED) is 0.559. The minimum atomic E-state index is 0.135. The van der Waals surface area contributed by atoms with Crippen molar-refractivity contribution in [2.45, 2.75) is 71.0 Å². The van der Waals surface area contributed by atoms with Gasteiger partial charge in [-0.25, -0.2) is 0 Å². The Morgan fingerprint density at radius 3 is 2.69 bits per heavy atom. The fourth-order valence-corrected chi connectivity index (χ4v) is 4.60. The molecule has 3 aliphatic rings. The molecular weight excluding hydrogens is 196 g/mol. The molecule has 1 saturated heterocycles. The zero-order valence-electron chi connectivity index (χ0n) is 11.1. The number of allylic oxidation sites excluding steroid dienone is 2. The van der Waals surface area contributed by atoms with Gasteiger partial charge >= 0.3 is 0 Å². The first kappa shape index (κ1) is 10.8. The highest BCUT2D eigenvalue weighted by Crippen LogP contribution is 2.68. The largest absolute Gasteiger partial charge is 0.368 e. The van der Waals surface area contributed by atoms with Gasteiger partial charge in [0.2, 0.25) is 0 Å². The molecule has 0 N–H and O–H groups in total.